The first-order valence-corrected chi connectivity index (χ1v) is 8.80. The molecule has 1 fully saturated rings. The summed E-state index contributed by atoms with van der Waals surface area (Å²) in [5.74, 6) is 1.23. The summed E-state index contributed by atoms with van der Waals surface area (Å²) in [6.45, 7) is 10.5. The molecular formula is C17H33N5O2. The van der Waals surface area contributed by atoms with Crippen LogP contribution >= 0.6 is 0 Å². The minimum Gasteiger partial charge on any atom is -0.359 e. The van der Waals surface area contributed by atoms with E-state index in [1.165, 1.54) is 0 Å². The largest absolute Gasteiger partial charge is 0.359 e. The van der Waals surface area contributed by atoms with Crippen LogP contribution in [0.15, 0.2) is 4.99 Å². The van der Waals surface area contributed by atoms with Crippen molar-refractivity contribution in [1.82, 2.24) is 20.9 Å². The number of rotatable bonds is 5. The van der Waals surface area contributed by atoms with Gasteiger partial charge in [0.1, 0.15) is 6.54 Å². The standard InChI is InChI=1S/C17H33N5O2/c1-6-19-16(20-12-15(24)21-17(2,3)4)22-9-7-13(8-10-22)11-14(23)18-5/h13H,6-12H2,1-5H3,(H,18,23)(H,19,20)(H,21,24). The van der Waals surface area contributed by atoms with Crippen molar-refractivity contribution in [1.29, 1.82) is 0 Å². The summed E-state index contributed by atoms with van der Waals surface area (Å²) in [6, 6.07) is 0. The first kappa shape index (κ1) is 20.3. The summed E-state index contributed by atoms with van der Waals surface area (Å²) in [5, 5.41) is 8.86. The van der Waals surface area contributed by atoms with E-state index in [1.807, 2.05) is 27.7 Å². The lowest BCUT2D eigenvalue weighted by Gasteiger charge is -2.34. The number of aliphatic imine (C=N–C) groups is 1. The highest BCUT2D eigenvalue weighted by Gasteiger charge is 2.23. The molecule has 0 spiro atoms. The zero-order chi connectivity index (χ0) is 18.2. The van der Waals surface area contributed by atoms with Gasteiger partial charge in [-0.05, 0) is 46.5 Å². The summed E-state index contributed by atoms with van der Waals surface area (Å²) in [4.78, 5) is 30.1. The fraction of sp³-hybridized carbons (Fsp3) is 0.824. The summed E-state index contributed by atoms with van der Waals surface area (Å²) >= 11 is 0. The summed E-state index contributed by atoms with van der Waals surface area (Å²) < 4.78 is 0. The van der Waals surface area contributed by atoms with Crippen molar-refractivity contribution in [3.05, 3.63) is 0 Å². The van der Waals surface area contributed by atoms with Gasteiger partial charge in [-0.15, -0.1) is 0 Å². The van der Waals surface area contributed by atoms with E-state index in [-0.39, 0.29) is 23.9 Å². The Labute approximate surface area is 145 Å². The zero-order valence-electron chi connectivity index (χ0n) is 15.7. The highest BCUT2D eigenvalue weighted by molar-refractivity contribution is 5.85. The lowest BCUT2D eigenvalue weighted by atomic mass is 9.93. The molecule has 0 aromatic rings. The molecule has 7 heteroatoms. The second-order valence-electron chi connectivity index (χ2n) is 7.28. The van der Waals surface area contributed by atoms with Crippen molar-refractivity contribution < 1.29 is 9.59 Å². The van der Waals surface area contributed by atoms with E-state index in [0.717, 1.165) is 38.4 Å². The van der Waals surface area contributed by atoms with Gasteiger partial charge in [-0.2, -0.15) is 0 Å². The van der Waals surface area contributed by atoms with Gasteiger partial charge < -0.3 is 20.9 Å². The highest BCUT2D eigenvalue weighted by Crippen LogP contribution is 2.20. The third-order valence-corrected chi connectivity index (χ3v) is 3.89. The highest BCUT2D eigenvalue weighted by atomic mass is 16.2. The summed E-state index contributed by atoms with van der Waals surface area (Å²) in [5.41, 5.74) is -0.247. The number of carbonyl (C=O) groups excluding carboxylic acids is 2. The van der Waals surface area contributed by atoms with E-state index >= 15 is 0 Å². The number of nitrogens with zero attached hydrogens (tertiary/aromatic N) is 2. The van der Waals surface area contributed by atoms with Crippen molar-refractivity contribution in [3.63, 3.8) is 0 Å². The van der Waals surface area contributed by atoms with Crippen molar-refractivity contribution in [3.8, 4) is 0 Å². The molecule has 138 valence electrons. The minimum atomic E-state index is -0.247. The average molecular weight is 339 g/mol. The predicted octanol–water partition coefficient (Wildman–Crippen LogP) is 0.715. The molecule has 1 saturated heterocycles. The van der Waals surface area contributed by atoms with Gasteiger partial charge in [0.2, 0.25) is 11.8 Å². The first-order valence-electron chi connectivity index (χ1n) is 8.80. The summed E-state index contributed by atoms with van der Waals surface area (Å²) in [6.07, 6.45) is 2.52. The number of nitrogens with one attached hydrogen (secondary N) is 3. The van der Waals surface area contributed by atoms with E-state index in [1.54, 1.807) is 7.05 Å². The van der Waals surface area contributed by atoms with Gasteiger partial charge in [-0.3, -0.25) is 9.59 Å². The smallest absolute Gasteiger partial charge is 0.242 e. The number of piperidine rings is 1. The van der Waals surface area contributed by atoms with Crippen LogP contribution in [0.3, 0.4) is 0 Å². The third kappa shape index (κ3) is 7.66. The normalized spacial score (nSPS) is 16.7. The Kier molecular flexibility index (Phi) is 8.01. The van der Waals surface area contributed by atoms with E-state index in [0.29, 0.717) is 12.3 Å². The molecule has 0 bridgehead atoms. The van der Waals surface area contributed by atoms with Crippen LogP contribution in [0.1, 0.15) is 47.0 Å². The molecule has 0 atom stereocenters. The van der Waals surface area contributed by atoms with Gasteiger partial charge in [0.05, 0.1) is 0 Å². The number of amides is 2. The Morgan fingerprint density at radius 1 is 1.17 bits per heavy atom. The molecule has 1 heterocycles. The van der Waals surface area contributed by atoms with Crippen LogP contribution in [0.2, 0.25) is 0 Å². The fourth-order valence-electron chi connectivity index (χ4n) is 2.74. The van der Waals surface area contributed by atoms with Gasteiger partial charge in [0, 0.05) is 38.6 Å². The Morgan fingerprint density at radius 3 is 2.29 bits per heavy atom. The molecule has 24 heavy (non-hydrogen) atoms. The van der Waals surface area contributed by atoms with Gasteiger partial charge in [0.15, 0.2) is 5.96 Å². The number of likely N-dealkylation sites (tertiary alicyclic amines) is 1. The van der Waals surface area contributed by atoms with Crippen molar-refractivity contribution >= 4 is 17.8 Å². The third-order valence-electron chi connectivity index (χ3n) is 3.89. The maximum atomic E-state index is 11.9. The molecule has 0 saturated carbocycles. The second kappa shape index (κ2) is 9.49. The van der Waals surface area contributed by atoms with E-state index in [4.69, 9.17) is 0 Å². The van der Waals surface area contributed by atoms with Gasteiger partial charge >= 0.3 is 0 Å². The van der Waals surface area contributed by atoms with Crippen LogP contribution < -0.4 is 16.0 Å². The van der Waals surface area contributed by atoms with Gasteiger partial charge in [-0.1, -0.05) is 0 Å². The quantitative estimate of drug-likeness (QED) is 0.509. The first-order chi connectivity index (χ1) is 11.2. The lowest BCUT2D eigenvalue weighted by molar-refractivity contribution is -0.122. The topological polar surface area (TPSA) is 85.8 Å². The molecule has 2 amide bonds. The van der Waals surface area contributed by atoms with E-state index in [2.05, 4.69) is 25.8 Å². The maximum absolute atomic E-state index is 11.9. The molecule has 1 aliphatic rings. The van der Waals surface area contributed by atoms with Crippen molar-refractivity contribution in [2.75, 3.05) is 33.2 Å². The van der Waals surface area contributed by atoms with E-state index in [9.17, 15) is 9.59 Å². The Hall–Kier alpha value is -1.79. The van der Waals surface area contributed by atoms with Crippen LogP contribution in [0.4, 0.5) is 0 Å². The Bertz CT molecular complexity index is 448. The molecule has 0 aliphatic carbocycles. The average Bonchev–Trinajstić information content (AvgIpc) is 2.50. The van der Waals surface area contributed by atoms with Crippen LogP contribution in [-0.4, -0.2) is 61.4 Å². The van der Waals surface area contributed by atoms with Gasteiger partial charge in [0.25, 0.3) is 0 Å². The molecule has 0 unspecified atom stereocenters. The molecule has 0 radical (unpaired) electrons. The van der Waals surface area contributed by atoms with Crippen molar-refractivity contribution in [2.45, 2.75) is 52.5 Å². The Morgan fingerprint density at radius 2 is 1.79 bits per heavy atom. The predicted molar refractivity (Wildman–Crippen MR) is 96.9 cm³/mol. The lowest BCUT2D eigenvalue weighted by Crippen LogP contribution is -2.47. The maximum Gasteiger partial charge on any atom is 0.242 e. The van der Waals surface area contributed by atoms with E-state index < -0.39 is 0 Å². The SMILES string of the molecule is CCNC(=NCC(=O)NC(C)(C)C)N1CCC(CC(=O)NC)CC1. The fourth-order valence-corrected chi connectivity index (χ4v) is 2.74. The number of guanidine groups is 1. The van der Waals surface area contributed by atoms with Crippen LogP contribution in [0, 0.1) is 5.92 Å². The number of carbonyl (C=O) groups is 2. The number of hydrogen-bond acceptors (Lipinski definition) is 3. The molecule has 7 nitrogen and oxygen atoms in total. The molecule has 3 N–H and O–H groups in total. The van der Waals surface area contributed by atoms with Crippen LogP contribution in [-0.2, 0) is 9.59 Å². The molecular weight excluding hydrogens is 306 g/mol. The number of hydrogen-bond donors (Lipinski definition) is 3. The second-order valence-corrected chi connectivity index (χ2v) is 7.28. The molecule has 1 aliphatic heterocycles. The van der Waals surface area contributed by atoms with Gasteiger partial charge in [-0.25, -0.2) is 4.99 Å². The van der Waals surface area contributed by atoms with Crippen LogP contribution in [0.25, 0.3) is 0 Å². The molecule has 0 aromatic carbocycles. The monoisotopic (exact) mass is 339 g/mol. The zero-order valence-corrected chi connectivity index (χ0v) is 15.7. The Balaban J connectivity index is 2.55. The van der Waals surface area contributed by atoms with Crippen molar-refractivity contribution in [2.24, 2.45) is 10.9 Å². The van der Waals surface area contributed by atoms with Crippen LogP contribution in [0.5, 0.6) is 0 Å². The molecule has 1 rings (SSSR count). The minimum absolute atomic E-state index is 0.0765. The summed E-state index contributed by atoms with van der Waals surface area (Å²) in [7, 11) is 1.68. The molecule has 0 aromatic heterocycles.